The summed E-state index contributed by atoms with van der Waals surface area (Å²) in [6, 6.07) is 22.7. The quantitative estimate of drug-likeness (QED) is 0.416. The van der Waals surface area contributed by atoms with Crippen LogP contribution in [0.1, 0.15) is 31.9 Å². The molecule has 0 saturated heterocycles. The van der Waals surface area contributed by atoms with Gasteiger partial charge in [0.25, 0.3) is 11.8 Å². The zero-order valence-corrected chi connectivity index (χ0v) is 22.4. The van der Waals surface area contributed by atoms with E-state index in [2.05, 4.69) is 36.0 Å². The van der Waals surface area contributed by atoms with Crippen molar-refractivity contribution in [3.63, 3.8) is 0 Å². The van der Waals surface area contributed by atoms with Gasteiger partial charge in [-0.15, -0.1) is 5.10 Å². The highest BCUT2D eigenvalue weighted by Gasteiger charge is 2.45. The number of anilines is 3. The monoisotopic (exact) mass is 505 g/mol. The van der Waals surface area contributed by atoms with Gasteiger partial charge in [-0.3, -0.25) is 14.5 Å². The highest BCUT2D eigenvalue weighted by Crippen LogP contribution is 2.36. The van der Waals surface area contributed by atoms with E-state index in [1.807, 2.05) is 74.5 Å². The molecule has 0 aromatic heterocycles. The molecule has 2 heterocycles. The van der Waals surface area contributed by atoms with Crippen LogP contribution < -0.4 is 14.8 Å². The van der Waals surface area contributed by atoms with Crippen LogP contribution in [0.2, 0.25) is 0 Å². The lowest BCUT2D eigenvalue weighted by molar-refractivity contribution is -0.114. The normalized spacial score (nSPS) is 16.3. The molecule has 2 aliphatic rings. The first-order valence-electron chi connectivity index (χ1n) is 12.9. The number of carbonyl (C=O) groups is 2. The summed E-state index contributed by atoms with van der Waals surface area (Å²) in [5, 5.41) is 5.99. The molecule has 7 heteroatoms. The number of para-hydroxylation sites is 2. The minimum Gasteiger partial charge on any atom is -0.372 e. The van der Waals surface area contributed by atoms with E-state index in [4.69, 9.17) is 4.99 Å². The number of aliphatic imine (C=N–C) groups is 1. The smallest absolute Gasteiger partial charge is 0.283 e. The Kier molecular flexibility index (Phi) is 6.68. The third-order valence-electron chi connectivity index (χ3n) is 7.02. The number of aryl methyl sites for hydroxylation is 2. The van der Waals surface area contributed by atoms with E-state index in [9.17, 15) is 9.59 Å². The molecule has 5 rings (SSSR count). The number of hydrogen-bond acceptors (Lipinski definition) is 5. The van der Waals surface area contributed by atoms with Gasteiger partial charge in [0.15, 0.2) is 5.84 Å². The SMILES string of the molecule is CCN(CC)c1cc(C)c(N=C2C(=O)N(c3ccccc3)C3=NN(c4ccccc4)C(=O)C3=C2C)c(C)c1. The van der Waals surface area contributed by atoms with Gasteiger partial charge in [-0.05, 0) is 87.7 Å². The van der Waals surface area contributed by atoms with Gasteiger partial charge < -0.3 is 4.90 Å². The molecular weight excluding hydrogens is 474 g/mol. The molecular formula is C31H31N5O2. The summed E-state index contributed by atoms with van der Waals surface area (Å²) in [6.07, 6.45) is 0. The Morgan fingerprint density at radius 2 is 1.34 bits per heavy atom. The van der Waals surface area contributed by atoms with Crippen LogP contribution in [0.5, 0.6) is 0 Å². The maximum atomic E-state index is 14.1. The van der Waals surface area contributed by atoms with Crippen LogP contribution >= 0.6 is 0 Å². The predicted octanol–water partition coefficient (Wildman–Crippen LogP) is 5.95. The summed E-state index contributed by atoms with van der Waals surface area (Å²) >= 11 is 0. The van der Waals surface area contributed by atoms with Crippen molar-refractivity contribution < 1.29 is 9.59 Å². The molecule has 3 aromatic carbocycles. The number of hydrogen-bond donors (Lipinski definition) is 0. The van der Waals surface area contributed by atoms with Crippen LogP contribution in [0.4, 0.5) is 22.7 Å². The first-order chi connectivity index (χ1) is 18.3. The fraction of sp³-hybridized carbons (Fsp3) is 0.226. The second-order valence-corrected chi connectivity index (χ2v) is 9.41. The third kappa shape index (κ3) is 4.20. The molecule has 0 unspecified atom stereocenters. The summed E-state index contributed by atoms with van der Waals surface area (Å²) in [7, 11) is 0. The summed E-state index contributed by atoms with van der Waals surface area (Å²) < 4.78 is 0. The largest absolute Gasteiger partial charge is 0.372 e. The maximum absolute atomic E-state index is 14.1. The number of benzene rings is 3. The van der Waals surface area contributed by atoms with E-state index in [0.717, 1.165) is 35.6 Å². The zero-order chi connectivity index (χ0) is 27.0. The molecule has 0 spiro atoms. The first-order valence-corrected chi connectivity index (χ1v) is 12.9. The van der Waals surface area contributed by atoms with Gasteiger partial charge in [0.05, 0.1) is 22.6 Å². The highest BCUT2D eigenvalue weighted by molar-refractivity contribution is 6.61. The molecule has 0 aliphatic carbocycles. The van der Waals surface area contributed by atoms with Crippen LogP contribution in [0, 0.1) is 13.8 Å². The topological polar surface area (TPSA) is 68.6 Å². The van der Waals surface area contributed by atoms with E-state index in [0.29, 0.717) is 28.4 Å². The third-order valence-corrected chi connectivity index (χ3v) is 7.02. The Balaban J connectivity index is 1.69. The van der Waals surface area contributed by atoms with Crippen molar-refractivity contribution in [1.82, 2.24) is 0 Å². The summed E-state index contributed by atoms with van der Waals surface area (Å²) in [5.41, 5.74) is 6.22. The van der Waals surface area contributed by atoms with Crippen molar-refractivity contribution in [3.8, 4) is 0 Å². The summed E-state index contributed by atoms with van der Waals surface area (Å²) in [5.74, 6) is -0.280. The number of fused-ring (bicyclic) bond motifs is 1. The second-order valence-electron chi connectivity index (χ2n) is 9.41. The van der Waals surface area contributed by atoms with Crippen LogP contribution in [-0.2, 0) is 9.59 Å². The molecule has 3 aromatic rings. The molecule has 0 bridgehead atoms. The molecule has 192 valence electrons. The van der Waals surface area contributed by atoms with Crippen molar-refractivity contribution in [2.45, 2.75) is 34.6 Å². The first kappa shape index (κ1) is 25.1. The average molecular weight is 506 g/mol. The van der Waals surface area contributed by atoms with Gasteiger partial charge in [0.2, 0.25) is 0 Å². The van der Waals surface area contributed by atoms with Crippen molar-refractivity contribution in [1.29, 1.82) is 0 Å². The van der Waals surface area contributed by atoms with Gasteiger partial charge in [-0.2, -0.15) is 5.01 Å². The predicted molar refractivity (Wildman–Crippen MR) is 155 cm³/mol. The molecule has 0 fully saturated rings. The number of rotatable bonds is 6. The van der Waals surface area contributed by atoms with Crippen LogP contribution in [-0.4, -0.2) is 36.5 Å². The lowest BCUT2D eigenvalue weighted by atomic mass is 9.96. The average Bonchev–Trinajstić information content (AvgIpc) is 3.26. The molecule has 2 amide bonds. The molecule has 0 saturated carbocycles. The van der Waals surface area contributed by atoms with Crippen LogP contribution in [0.25, 0.3) is 0 Å². The molecule has 0 N–H and O–H groups in total. The minimum atomic E-state index is -0.314. The molecule has 7 nitrogen and oxygen atoms in total. The number of amides is 2. The van der Waals surface area contributed by atoms with E-state index in [1.54, 1.807) is 6.92 Å². The van der Waals surface area contributed by atoms with Crippen LogP contribution in [0.3, 0.4) is 0 Å². The van der Waals surface area contributed by atoms with Gasteiger partial charge >= 0.3 is 0 Å². The summed E-state index contributed by atoms with van der Waals surface area (Å²) in [6.45, 7) is 11.9. The van der Waals surface area contributed by atoms with Gasteiger partial charge in [0.1, 0.15) is 5.71 Å². The fourth-order valence-corrected chi connectivity index (χ4v) is 5.04. The second kappa shape index (κ2) is 10.1. The van der Waals surface area contributed by atoms with E-state index >= 15 is 0 Å². The molecule has 2 aliphatic heterocycles. The Labute approximate surface area is 223 Å². The standard InChI is InChI=1S/C31H31N5O2/c1-6-34(7-2)25-18-20(3)27(21(4)19-25)32-28-22(5)26-29(35(31(28)38)23-14-10-8-11-15-23)33-36(30(26)37)24-16-12-9-13-17-24/h8-19H,6-7H2,1-5H3. The number of hydrazone groups is 1. The van der Waals surface area contributed by atoms with Gasteiger partial charge in [-0.1, -0.05) is 36.4 Å². The van der Waals surface area contributed by atoms with Crippen molar-refractivity contribution in [3.05, 3.63) is 95.1 Å². The lowest BCUT2D eigenvalue weighted by Gasteiger charge is -2.28. The Morgan fingerprint density at radius 3 is 1.89 bits per heavy atom. The maximum Gasteiger partial charge on any atom is 0.283 e. The van der Waals surface area contributed by atoms with Gasteiger partial charge in [-0.25, -0.2) is 4.99 Å². The van der Waals surface area contributed by atoms with Crippen molar-refractivity contribution in [2.75, 3.05) is 27.9 Å². The zero-order valence-electron chi connectivity index (χ0n) is 22.4. The van der Waals surface area contributed by atoms with Gasteiger partial charge in [0, 0.05) is 18.8 Å². The summed E-state index contributed by atoms with van der Waals surface area (Å²) in [4.78, 5) is 36.5. The molecule has 0 atom stereocenters. The van der Waals surface area contributed by atoms with E-state index in [-0.39, 0.29) is 17.5 Å². The van der Waals surface area contributed by atoms with Crippen LogP contribution in [0.15, 0.2) is 94.0 Å². The Morgan fingerprint density at radius 1 is 0.789 bits per heavy atom. The van der Waals surface area contributed by atoms with Crippen molar-refractivity contribution >= 4 is 46.1 Å². The number of amidine groups is 1. The fourth-order valence-electron chi connectivity index (χ4n) is 5.04. The Hall–Kier alpha value is -4.52. The number of carbonyl (C=O) groups excluding carboxylic acids is 2. The molecule has 38 heavy (non-hydrogen) atoms. The minimum absolute atomic E-state index is 0.243. The van der Waals surface area contributed by atoms with E-state index in [1.165, 1.54) is 9.91 Å². The molecule has 0 radical (unpaired) electrons. The Bertz CT molecular complexity index is 1480. The lowest BCUT2D eigenvalue weighted by Crippen LogP contribution is -2.47. The highest BCUT2D eigenvalue weighted by atomic mass is 16.2. The van der Waals surface area contributed by atoms with E-state index < -0.39 is 0 Å². The van der Waals surface area contributed by atoms with Crippen molar-refractivity contribution in [2.24, 2.45) is 10.1 Å². The number of nitrogens with zero attached hydrogens (tertiary/aromatic N) is 5.